The normalized spacial score (nSPS) is 18.1. The number of carbonyl (C=O) groups is 2. The van der Waals surface area contributed by atoms with Crippen LogP contribution >= 0.6 is 0 Å². The Bertz CT molecular complexity index is 543. The van der Waals surface area contributed by atoms with Gasteiger partial charge in [-0.2, -0.15) is 5.26 Å². The number of rotatable bonds is 5. The molecule has 0 saturated carbocycles. The Morgan fingerprint density at radius 1 is 1.40 bits per heavy atom. The van der Waals surface area contributed by atoms with Gasteiger partial charge in [-0.3, -0.25) is 9.59 Å². The van der Waals surface area contributed by atoms with Crippen LogP contribution in [0, 0.1) is 17.2 Å². The molecule has 1 heterocycles. The minimum atomic E-state index is -0.0695. The highest BCUT2D eigenvalue weighted by Gasteiger charge is 2.30. The zero-order valence-electron chi connectivity index (χ0n) is 11.6. The minimum absolute atomic E-state index is 0.0695. The molecule has 0 N–H and O–H groups in total. The van der Waals surface area contributed by atoms with Crippen molar-refractivity contribution in [1.29, 1.82) is 5.26 Å². The SMILES string of the molecule is CCCC1CC(=O)N(CC(=O)c2ccc(C#N)cc2)C1. The maximum absolute atomic E-state index is 12.1. The van der Waals surface area contributed by atoms with Gasteiger partial charge in [-0.1, -0.05) is 25.5 Å². The summed E-state index contributed by atoms with van der Waals surface area (Å²) in [5.41, 5.74) is 1.08. The number of ketones is 1. The molecular formula is C16H18N2O2. The molecule has 4 nitrogen and oxygen atoms in total. The molecule has 2 rings (SSSR count). The van der Waals surface area contributed by atoms with Crippen LogP contribution in [-0.2, 0) is 4.79 Å². The summed E-state index contributed by atoms with van der Waals surface area (Å²) in [6.45, 7) is 2.94. The molecule has 1 saturated heterocycles. The third-order valence-electron chi connectivity index (χ3n) is 3.66. The molecule has 1 aromatic carbocycles. The van der Waals surface area contributed by atoms with E-state index in [1.807, 2.05) is 6.07 Å². The standard InChI is InChI=1S/C16H18N2O2/c1-2-3-13-8-16(20)18(10-13)11-15(19)14-6-4-12(9-17)5-7-14/h4-7,13H,2-3,8,10-11H2,1H3. The second kappa shape index (κ2) is 6.33. The Morgan fingerprint density at radius 2 is 2.10 bits per heavy atom. The van der Waals surface area contributed by atoms with Crippen LogP contribution in [0.2, 0.25) is 0 Å². The van der Waals surface area contributed by atoms with Crippen LogP contribution in [0.25, 0.3) is 0 Å². The number of likely N-dealkylation sites (tertiary alicyclic amines) is 1. The van der Waals surface area contributed by atoms with E-state index < -0.39 is 0 Å². The molecule has 1 aliphatic rings. The number of Topliss-reactive ketones (excluding diaryl/α,β-unsaturated/α-hetero) is 1. The number of benzene rings is 1. The molecule has 4 heteroatoms. The monoisotopic (exact) mass is 270 g/mol. The maximum atomic E-state index is 12.1. The second-order valence-corrected chi connectivity index (χ2v) is 5.25. The van der Waals surface area contributed by atoms with Gasteiger partial charge in [-0.15, -0.1) is 0 Å². The average molecular weight is 270 g/mol. The van der Waals surface area contributed by atoms with Gasteiger partial charge in [0.1, 0.15) is 0 Å². The predicted octanol–water partition coefficient (Wildman–Crippen LogP) is 2.39. The van der Waals surface area contributed by atoms with E-state index in [1.54, 1.807) is 29.2 Å². The van der Waals surface area contributed by atoms with Crippen LogP contribution in [-0.4, -0.2) is 29.7 Å². The second-order valence-electron chi connectivity index (χ2n) is 5.25. The van der Waals surface area contributed by atoms with Gasteiger partial charge in [0.15, 0.2) is 5.78 Å². The van der Waals surface area contributed by atoms with Gasteiger partial charge in [0.05, 0.1) is 18.2 Å². The highest BCUT2D eigenvalue weighted by molar-refractivity contribution is 5.99. The Balaban J connectivity index is 1.97. The summed E-state index contributed by atoms with van der Waals surface area (Å²) >= 11 is 0. The topological polar surface area (TPSA) is 61.2 Å². The van der Waals surface area contributed by atoms with Crippen LogP contribution < -0.4 is 0 Å². The molecule has 1 aliphatic heterocycles. The first-order chi connectivity index (χ1) is 9.63. The molecular weight excluding hydrogens is 252 g/mol. The van der Waals surface area contributed by atoms with Crippen LogP contribution in [0.5, 0.6) is 0 Å². The number of nitrogens with zero attached hydrogens (tertiary/aromatic N) is 2. The fourth-order valence-electron chi connectivity index (χ4n) is 2.60. The largest absolute Gasteiger partial charge is 0.335 e. The molecule has 1 amide bonds. The van der Waals surface area contributed by atoms with Gasteiger partial charge in [-0.05, 0) is 24.5 Å². The molecule has 0 aromatic heterocycles. The molecule has 1 unspecified atom stereocenters. The summed E-state index contributed by atoms with van der Waals surface area (Å²) in [5, 5.41) is 8.72. The quantitative estimate of drug-likeness (QED) is 0.772. The zero-order valence-corrected chi connectivity index (χ0v) is 11.6. The van der Waals surface area contributed by atoms with E-state index in [0.717, 1.165) is 12.8 Å². The lowest BCUT2D eigenvalue weighted by atomic mass is 10.0. The molecule has 1 aromatic rings. The van der Waals surface area contributed by atoms with Crippen molar-refractivity contribution in [2.45, 2.75) is 26.2 Å². The number of hydrogen-bond donors (Lipinski definition) is 0. The Kier molecular flexibility index (Phi) is 4.52. The molecule has 0 bridgehead atoms. The first-order valence-electron chi connectivity index (χ1n) is 6.95. The van der Waals surface area contributed by atoms with Crippen LogP contribution in [0.3, 0.4) is 0 Å². The molecule has 0 spiro atoms. The van der Waals surface area contributed by atoms with Crippen molar-refractivity contribution in [1.82, 2.24) is 4.90 Å². The van der Waals surface area contributed by atoms with Crippen molar-refractivity contribution in [3.8, 4) is 6.07 Å². The van der Waals surface area contributed by atoms with Gasteiger partial charge >= 0.3 is 0 Å². The fraction of sp³-hybridized carbons (Fsp3) is 0.438. The van der Waals surface area contributed by atoms with E-state index in [2.05, 4.69) is 6.92 Å². The average Bonchev–Trinajstić information content (AvgIpc) is 2.79. The van der Waals surface area contributed by atoms with Gasteiger partial charge in [-0.25, -0.2) is 0 Å². The summed E-state index contributed by atoms with van der Waals surface area (Å²) in [5.74, 6) is 0.395. The first kappa shape index (κ1) is 14.3. The first-order valence-corrected chi connectivity index (χ1v) is 6.95. The summed E-state index contributed by atoms with van der Waals surface area (Å²) in [6.07, 6.45) is 2.66. The van der Waals surface area contributed by atoms with Crippen molar-refractivity contribution in [3.63, 3.8) is 0 Å². The van der Waals surface area contributed by atoms with Gasteiger partial charge < -0.3 is 4.90 Å². The lowest BCUT2D eigenvalue weighted by Crippen LogP contribution is -2.31. The summed E-state index contributed by atoms with van der Waals surface area (Å²) < 4.78 is 0. The molecule has 0 aliphatic carbocycles. The van der Waals surface area contributed by atoms with Gasteiger partial charge in [0.2, 0.25) is 5.91 Å². The Hall–Kier alpha value is -2.15. The lowest BCUT2D eigenvalue weighted by molar-refractivity contribution is -0.127. The molecule has 20 heavy (non-hydrogen) atoms. The van der Waals surface area contributed by atoms with Crippen molar-refractivity contribution >= 4 is 11.7 Å². The predicted molar refractivity (Wildman–Crippen MR) is 75.1 cm³/mol. The fourth-order valence-corrected chi connectivity index (χ4v) is 2.60. The highest BCUT2D eigenvalue weighted by Crippen LogP contribution is 2.22. The van der Waals surface area contributed by atoms with Gasteiger partial charge in [0.25, 0.3) is 0 Å². The lowest BCUT2D eigenvalue weighted by Gasteiger charge is -2.15. The van der Waals surface area contributed by atoms with E-state index in [9.17, 15) is 9.59 Å². The van der Waals surface area contributed by atoms with Crippen LogP contribution in [0.4, 0.5) is 0 Å². The van der Waals surface area contributed by atoms with Crippen molar-refractivity contribution < 1.29 is 9.59 Å². The highest BCUT2D eigenvalue weighted by atomic mass is 16.2. The minimum Gasteiger partial charge on any atom is -0.335 e. The van der Waals surface area contributed by atoms with E-state index in [1.165, 1.54) is 0 Å². The van der Waals surface area contributed by atoms with Gasteiger partial charge in [0, 0.05) is 18.5 Å². The van der Waals surface area contributed by atoms with Crippen molar-refractivity contribution in [3.05, 3.63) is 35.4 Å². The zero-order chi connectivity index (χ0) is 14.5. The van der Waals surface area contributed by atoms with Crippen LogP contribution in [0.15, 0.2) is 24.3 Å². The summed E-state index contributed by atoms with van der Waals surface area (Å²) in [7, 11) is 0. The molecule has 1 atom stereocenters. The summed E-state index contributed by atoms with van der Waals surface area (Å²) in [6, 6.07) is 8.55. The van der Waals surface area contributed by atoms with Crippen molar-refractivity contribution in [2.75, 3.05) is 13.1 Å². The van der Waals surface area contributed by atoms with E-state index in [4.69, 9.17) is 5.26 Å². The van der Waals surface area contributed by atoms with Crippen LogP contribution in [0.1, 0.15) is 42.1 Å². The van der Waals surface area contributed by atoms with E-state index in [-0.39, 0.29) is 18.2 Å². The number of carbonyl (C=O) groups excluding carboxylic acids is 2. The maximum Gasteiger partial charge on any atom is 0.223 e. The molecule has 104 valence electrons. The third kappa shape index (κ3) is 3.24. The Morgan fingerprint density at radius 3 is 2.70 bits per heavy atom. The van der Waals surface area contributed by atoms with E-state index in [0.29, 0.717) is 30.0 Å². The number of amides is 1. The smallest absolute Gasteiger partial charge is 0.223 e. The number of nitriles is 1. The van der Waals surface area contributed by atoms with E-state index >= 15 is 0 Å². The van der Waals surface area contributed by atoms with Crippen molar-refractivity contribution in [2.24, 2.45) is 5.92 Å². The number of hydrogen-bond acceptors (Lipinski definition) is 3. The Labute approximate surface area is 119 Å². The summed E-state index contributed by atoms with van der Waals surface area (Å²) in [4.78, 5) is 25.6. The molecule has 1 fully saturated rings. The third-order valence-corrected chi connectivity index (χ3v) is 3.66. The molecule has 0 radical (unpaired) electrons.